The molecular weight excluding hydrogens is 422 g/mol. The van der Waals surface area contributed by atoms with Gasteiger partial charge in [0, 0.05) is 31.9 Å². The molecule has 0 N–H and O–H groups in total. The summed E-state index contributed by atoms with van der Waals surface area (Å²) in [4.78, 5) is 23.5. The molecule has 1 atom stereocenters. The molecule has 9 heteroatoms. The lowest BCUT2D eigenvalue weighted by molar-refractivity contribution is -0.133. The minimum absolute atomic E-state index is 0.0304. The zero-order chi connectivity index (χ0) is 23.2. The smallest absolute Gasteiger partial charge is 0.244 e. The van der Waals surface area contributed by atoms with Crippen molar-refractivity contribution in [3.8, 4) is 11.5 Å². The molecule has 33 heavy (non-hydrogen) atoms. The zero-order valence-corrected chi connectivity index (χ0v) is 19.2. The second-order valence-corrected chi connectivity index (χ2v) is 8.06. The number of rotatable bonds is 9. The number of pyridine rings is 1. The van der Waals surface area contributed by atoms with Gasteiger partial charge in [0.2, 0.25) is 5.91 Å². The molecule has 0 bridgehead atoms. The predicted octanol–water partition coefficient (Wildman–Crippen LogP) is 2.70. The van der Waals surface area contributed by atoms with E-state index in [0.717, 1.165) is 17.5 Å². The third-order valence-electron chi connectivity index (χ3n) is 5.48. The number of hydrogen-bond donors (Lipinski definition) is 0. The number of amides is 1. The van der Waals surface area contributed by atoms with Gasteiger partial charge in [-0.25, -0.2) is 9.67 Å². The van der Waals surface area contributed by atoms with Gasteiger partial charge in [-0.05, 0) is 43.2 Å². The van der Waals surface area contributed by atoms with Crippen LogP contribution >= 0.6 is 0 Å². The third kappa shape index (κ3) is 5.87. The molecule has 1 fully saturated rings. The second-order valence-electron chi connectivity index (χ2n) is 8.06. The van der Waals surface area contributed by atoms with Crippen LogP contribution in [-0.2, 0) is 29.2 Å². The number of carbonyl (C=O) groups is 1. The van der Waals surface area contributed by atoms with E-state index in [2.05, 4.69) is 15.1 Å². The number of methoxy groups -OCH3 is 1. The fourth-order valence-electron chi connectivity index (χ4n) is 3.80. The fourth-order valence-corrected chi connectivity index (χ4v) is 3.80. The lowest BCUT2D eigenvalue weighted by Gasteiger charge is -2.24. The molecule has 0 radical (unpaired) electrons. The average Bonchev–Trinajstić information content (AvgIpc) is 3.43. The quantitative estimate of drug-likeness (QED) is 0.494. The van der Waals surface area contributed by atoms with E-state index in [4.69, 9.17) is 14.2 Å². The van der Waals surface area contributed by atoms with Gasteiger partial charge in [0.05, 0.1) is 20.3 Å². The van der Waals surface area contributed by atoms with Gasteiger partial charge in [-0.1, -0.05) is 12.1 Å². The highest BCUT2D eigenvalue weighted by Gasteiger charge is 2.21. The van der Waals surface area contributed by atoms with Crippen LogP contribution in [0.4, 0.5) is 0 Å². The Labute approximate surface area is 193 Å². The molecule has 1 aromatic carbocycles. The molecule has 1 unspecified atom stereocenters. The SMILES string of the molecule is COc1cc(CN(Cc2cccnc2)C(=O)Cn2nc(C)nc2C)ccc1OC1CCOC1. The molecule has 3 aromatic rings. The van der Waals surface area contributed by atoms with Crippen molar-refractivity contribution >= 4 is 5.91 Å². The number of carbonyl (C=O) groups excluding carboxylic acids is 1. The van der Waals surface area contributed by atoms with Crippen LogP contribution < -0.4 is 9.47 Å². The summed E-state index contributed by atoms with van der Waals surface area (Å²) in [6.07, 6.45) is 4.38. The highest BCUT2D eigenvalue weighted by molar-refractivity contribution is 5.76. The maximum Gasteiger partial charge on any atom is 0.244 e. The van der Waals surface area contributed by atoms with Crippen molar-refractivity contribution < 1.29 is 19.0 Å². The average molecular weight is 452 g/mol. The van der Waals surface area contributed by atoms with E-state index in [1.165, 1.54) is 0 Å². The van der Waals surface area contributed by atoms with Gasteiger partial charge >= 0.3 is 0 Å². The molecule has 1 amide bonds. The summed E-state index contributed by atoms with van der Waals surface area (Å²) in [7, 11) is 1.62. The molecule has 0 aliphatic carbocycles. The zero-order valence-electron chi connectivity index (χ0n) is 19.2. The Morgan fingerprint density at radius 1 is 1.21 bits per heavy atom. The summed E-state index contributed by atoms with van der Waals surface area (Å²) < 4.78 is 18.6. The molecule has 1 aliphatic rings. The van der Waals surface area contributed by atoms with Crippen LogP contribution in [0.25, 0.3) is 0 Å². The van der Waals surface area contributed by atoms with E-state index in [9.17, 15) is 4.79 Å². The van der Waals surface area contributed by atoms with Crippen molar-refractivity contribution in [3.05, 3.63) is 65.5 Å². The summed E-state index contributed by atoms with van der Waals surface area (Å²) in [6.45, 7) is 5.91. The largest absolute Gasteiger partial charge is 0.493 e. The second kappa shape index (κ2) is 10.4. The Morgan fingerprint density at radius 3 is 2.73 bits per heavy atom. The van der Waals surface area contributed by atoms with Crippen LogP contribution in [0.5, 0.6) is 11.5 Å². The molecule has 1 saturated heterocycles. The number of ether oxygens (including phenoxy) is 3. The summed E-state index contributed by atoms with van der Waals surface area (Å²) in [5.74, 6) is 2.61. The Balaban J connectivity index is 1.53. The highest BCUT2D eigenvalue weighted by Crippen LogP contribution is 2.31. The van der Waals surface area contributed by atoms with Gasteiger partial charge in [0.15, 0.2) is 11.5 Å². The summed E-state index contributed by atoms with van der Waals surface area (Å²) in [6, 6.07) is 9.59. The van der Waals surface area contributed by atoms with E-state index in [0.29, 0.717) is 49.5 Å². The van der Waals surface area contributed by atoms with Gasteiger partial charge in [0.25, 0.3) is 0 Å². The van der Waals surface area contributed by atoms with E-state index >= 15 is 0 Å². The molecule has 174 valence electrons. The van der Waals surface area contributed by atoms with Crippen molar-refractivity contribution in [1.82, 2.24) is 24.6 Å². The molecule has 0 spiro atoms. The normalized spacial score (nSPS) is 15.4. The lowest BCUT2D eigenvalue weighted by Crippen LogP contribution is -2.33. The van der Waals surface area contributed by atoms with Gasteiger partial charge in [-0.15, -0.1) is 0 Å². The van der Waals surface area contributed by atoms with Crippen molar-refractivity contribution in [3.63, 3.8) is 0 Å². The van der Waals surface area contributed by atoms with Gasteiger partial charge in [-0.3, -0.25) is 9.78 Å². The van der Waals surface area contributed by atoms with Crippen LogP contribution in [0, 0.1) is 13.8 Å². The summed E-state index contributed by atoms with van der Waals surface area (Å²) in [5.41, 5.74) is 1.89. The maximum atomic E-state index is 13.3. The minimum atomic E-state index is -0.0609. The summed E-state index contributed by atoms with van der Waals surface area (Å²) >= 11 is 0. The van der Waals surface area contributed by atoms with Gasteiger partial charge < -0.3 is 19.1 Å². The van der Waals surface area contributed by atoms with Crippen molar-refractivity contribution in [2.24, 2.45) is 0 Å². The molecule has 4 rings (SSSR count). The van der Waals surface area contributed by atoms with Crippen LogP contribution in [0.2, 0.25) is 0 Å². The van der Waals surface area contributed by atoms with Crippen LogP contribution in [0.1, 0.15) is 29.2 Å². The summed E-state index contributed by atoms with van der Waals surface area (Å²) in [5, 5.41) is 4.33. The van der Waals surface area contributed by atoms with E-state index in [-0.39, 0.29) is 18.6 Å². The van der Waals surface area contributed by atoms with Gasteiger partial charge in [-0.2, -0.15) is 5.10 Å². The first kappa shape index (κ1) is 22.7. The Hall–Kier alpha value is -3.46. The Morgan fingerprint density at radius 2 is 2.06 bits per heavy atom. The minimum Gasteiger partial charge on any atom is -0.493 e. The molecule has 3 heterocycles. The third-order valence-corrected chi connectivity index (χ3v) is 5.48. The number of benzene rings is 1. The Bertz CT molecular complexity index is 1080. The van der Waals surface area contributed by atoms with Crippen LogP contribution in [0.3, 0.4) is 0 Å². The van der Waals surface area contributed by atoms with E-state index in [1.807, 2.05) is 44.2 Å². The van der Waals surface area contributed by atoms with E-state index < -0.39 is 0 Å². The molecule has 0 saturated carbocycles. The van der Waals surface area contributed by atoms with Crippen molar-refractivity contribution in [2.75, 3.05) is 20.3 Å². The monoisotopic (exact) mass is 451 g/mol. The Kier molecular flexibility index (Phi) is 7.19. The molecule has 1 aliphatic heterocycles. The predicted molar refractivity (Wildman–Crippen MR) is 121 cm³/mol. The van der Waals surface area contributed by atoms with Crippen LogP contribution in [-0.4, -0.2) is 57.0 Å². The first-order valence-electron chi connectivity index (χ1n) is 11.0. The maximum absolute atomic E-state index is 13.3. The van der Waals surface area contributed by atoms with Gasteiger partial charge in [0.1, 0.15) is 24.3 Å². The molecule has 2 aromatic heterocycles. The lowest BCUT2D eigenvalue weighted by atomic mass is 10.1. The number of nitrogens with zero attached hydrogens (tertiary/aromatic N) is 5. The van der Waals surface area contributed by atoms with E-state index in [1.54, 1.807) is 29.1 Å². The fraction of sp³-hybridized carbons (Fsp3) is 0.417. The topological polar surface area (TPSA) is 91.6 Å². The number of aryl methyl sites for hydroxylation is 2. The number of aromatic nitrogens is 4. The van der Waals surface area contributed by atoms with Crippen molar-refractivity contribution in [1.29, 1.82) is 0 Å². The highest BCUT2D eigenvalue weighted by atomic mass is 16.6. The van der Waals surface area contributed by atoms with Crippen LogP contribution in [0.15, 0.2) is 42.7 Å². The molecular formula is C24H29N5O4. The van der Waals surface area contributed by atoms with Crippen molar-refractivity contribution in [2.45, 2.75) is 46.0 Å². The first-order chi connectivity index (χ1) is 16.0. The standard InChI is InChI=1S/C24H29N5O4/c1-17-26-18(2)29(27-17)15-24(30)28(14-20-5-4-9-25-12-20)13-19-6-7-22(23(11-19)31-3)33-21-8-10-32-16-21/h4-7,9,11-12,21H,8,10,13-16H2,1-3H3. The first-order valence-corrected chi connectivity index (χ1v) is 11.0. The number of hydrogen-bond acceptors (Lipinski definition) is 7. The molecule has 9 nitrogen and oxygen atoms in total.